The van der Waals surface area contributed by atoms with Crippen molar-refractivity contribution >= 4 is 17.3 Å². The normalized spacial score (nSPS) is 10.5. The maximum atomic E-state index is 12.0. The minimum Gasteiger partial charge on any atom is -0.384 e. The molecule has 0 bridgehead atoms. The van der Waals surface area contributed by atoms with Crippen LogP contribution in [-0.4, -0.2) is 25.5 Å². The highest BCUT2D eigenvalue weighted by Gasteiger charge is 2.06. The van der Waals surface area contributed by atoms with Crippen LogP contribution in [0.2, 0.25) is 0 Å². The van der Waals surface area contributed by atoms with E-state index in [9.17, 15) is 4.79 Å². The standard InChI is InChI=1S/C22H31N3O/c1-5-25(6-2)20-11-12-21(18(4)15-20)23-14-13-22(26)24-16-19-9-7-17(3)8-10-19/h7-12,15,23H,5-6,13-14,16H2,1-4H3,(H,24,26). The van der Waals surface area contributed by atoms with Crippen LogP contribution in [0.3, 0.4) is 0 Å². The summed E-state index contributed by atoms with van der Waals surface area (Å²) in [5.74, 6) is 0.0653. The summed E-state index contributed by atoms with van der Waals surface area (Å²) in [7, 11) is 0. The highest BCUT2D eigenvalue weighted by atomic mass is 16.1. The number of hydrogen-bond donors (Lipinski definition) is 2. The van der Waals surface area contributed by atoms with Crippen LogP contribution in [0, 0.1) is 13.8 Å². The molecule has 4 heteroatoms. The van der Waals surface area contributed by atoms with Gasteiger partial charge in [-0.2, -0.15) is 0 Å². The van der Waals surface area contributed by atoms with E-state index in [0.29, 0.717) is 19.5 Å². The topological polar surface area (TPSA) is 44.4 Å². The Bertz CT molecular complexity index is 706. The highest BCUT2D eigenvalue weighted by molar-refractivity contribution is 5.76. The van der Waals surface area contributed by atoms with Crippen molar-refractivity contribution in [1.29, 1.82) is 0 Å². The quantitative estimate of drug-likeness (QED) is 0.708. The number of rotatable bonds is 9. The van der Waals surface area contributed by atoms with E-state index in [-0.39, 0.29) is 5.91 Å². The number of anilines is 2. The summed E-state index contributed by atoms with van der Waals surface area (Å²) in [6.07, 6.45) is 0.461. The lowest BCUT2D eigenvalue weighted by Gasteiger charge is -2.22. The molecule has 0 aliphatic heterocycles. The van der Waals surface area contributed by atoms with Crippen molar-refractivity contribution in [3.05, 3.63) is 59.2 Å². The fourth-order valence-corrected chi connectivity index (χ4v) is 2.94. The Balaban J connectivity index is 1.78. The zero-order valence-electron chi connectivity index (χ0n) is 16.4. The molecule has 2 aromatic carbocycles. The van der Waals surface area contributed by atoms with Crippen molar-refractivity contribution in [2.75, 3.05) is 29.9 Å². The number of nitrogens with one attached hydrogen (secondary N) is 2. The number of hydrogen-bond acceptors (Lipinski definition) is 3. The zero-order valence-corrected chi connectivity index (χ0v) is 16.4. The van der Waals surface area contributed by atoms with Gasteiger partial charge in [-0.05, 0) is 57.0 Å². The van der Waals surface area contributed by atoms with E-state index in [0.717, 1.165) is 24.3 Å². The van der Waals surface area contributed by atoms with E-state index in [2.05, 4.69) is 85.7 Å². The van der Waals surface area contributed by atoms with Gasteiger partial charge in [0.15, 0.2) is 0 Å². The Morgan fingerprint density at radius 2 is 1.69 bits per heavy atom. The van der Waals surface area contributed by atoms with Crippen LogP contribution in [0.5, 0.6) is 0 Å². The molecule has 0 aliphatic rings. The summed E-state index contributed by atoms with van der Waals surface area (Å²) in [6, 6.07) is 14.7. The van der Waals surface area contributed by atoms with Gasteiger partial charge in [0.2, 0.25) is 5.91 Å². The second-order valence-electron chi connectivity index (χ2n) is 6.61. The van der Waals surface area contributed by atoms with Gasteiger partial charge < -0.3 is 15.5 Å². The molecule has 0 heterocycles. The summed E-state index contributed by atoms with van der Waals surface area (Å²) in [5, 5.41) is 6.35. The van der Waals surface area contributed by atoms with Crippen molar-refractivity contribution in [1.82, 2.24) is 5.32 Å². The molecule has 0 radical (unpaired) electrons. The lowest BCUT2D eigenvalue weighted by Crippen LogP contribution is -2.25. The summed E-state index contributed by atoms with van der Waals surface area (Å²) in [4.78, 5) is 14.4. The first kappa shape index (κ1) is 19.8. The molecule has 0 fully saturated rings. The summed E-state index contributed by atoms with van der Waals surface area (Å²) in [5.41, 5.74) is 5.89. The largest absolute Gasteiger partial charge is 0.384 e. The first-order valence-corrected chi connectivity index (χ1v) is 9.45. The summed E-state index contributed by atoms with van der Waals surface area (Å²) >= 11 is 0. The van der Waals surface area contributed by atoms with Gasteiger partial charge in [-0.25, -0.2) is 0 Å². The molecule has 0 atom stereocenters. The van der Waals surface area contributed by atoms with Crippen LogP contribution in [0.25, 0.3) is 0 Å². The number of benzene rings is 2. The van der Waals surface area contributed by atoms with Gasteiger partial charge in [-0.1, -0.05) is 29.8 Å². The van der Waals surface area contributed by atoms with Gasteiger partial charge in [0, 0.05) is 44.0 Å². The predicted octanol–water partition coefficient (Wildman–Crippen LogP) is 4.27. The number of nitrogens with zero attached hydrogens (tertiary/aromatic N) is 1. The molecule has 26 heavy (non-hydrogen) atoms. The minimum atomic E-state index is 0.0653. The predicted molar refractivity (Wildman–Crippen MR) is 111 cm³/mol. The average molecular weight is 354 g/mol. The minimum absolute atomic E-state index is 0.0653. The molecule has 4 nitrogen and oxygen atoms in total. The Morgan fingerprint density at radius 1 is 1.00 bits per heavy atom. The monoisotopic (exact) mass is 353 g/mol. The molecule has 2 N–H and O–H groups in total. The number of carbonyl (C=O) groups is 1. The lowest BCUT2D eigenvalue weighted by atomic mass is 10.1. The lowest BCUT2D eigenvalue weighted by molar-refractivity contribution is -0.121. The molecular weight excluding hydrogens is 322 g/mol. The highest BCUT2D eigenvalue weighted by Crippen LogP contribution is 2.22. The van der Waals surface area contributed by atoms with Crippen molar-refractivity contribution in [2.45, 2.75) is 40.7 Å². The number of aryl methyl sites for hydroxylation is 2. The van der Waals surface area contributed by atoms with Gasteiger partial charge in [0.1, 0.15) is 0 Å². The van der Waals surface area contributed by atoms with Crippen LogP contribution in [-0.2, 0) is 11.3 Å². The van der Waals surface area contributed by atoms with Crippen molar-refractivity contribution in [3.8, 4) is 0 Å². The second kappa shape index (κ2) is 9.85. The maximum absolute atomic E-state index is 12.0. The van der Waals surface area contributed by atoms with Gasteiger partial charge in [-0.3, -0.25) is 4.79 Å². The van der Waals surface area contributed by atoms with Crippen molar-refractivity contribution in [2.24, 2.45) is 0 Å². The fraction of sp³-hybridized carbons (Fsp3) is 0.409. The van der Waals surface area contributed by atoms with Crippen LogP contribution < -0.4 is 15.5 Å². The average Bonchev–Trinajstić information content (AvgIpc) is 2.64. The molecule has 0 spiro atoms. The van der Waals surface area contributed by atoms with E-state index in [1.165, 1.54) is 16.8 Å². The first-order chi connectivity index (χ1) is 12.5. The SMILES string of the molecule is CCN(CC)c1ccc(NCCC(=O)NCc2ccc(C)cc2)c(C)c1. The Labute approximate surface area is 157 Å². The van der Waals surface area contributed by atoms with Gasteiger partial charge in [0.05, 0.1) is 0 Å². The Hall–Kier alpha value is -2.49. The van der Waals surface area contributed by atoms with Crippen molar-refractivity contribution in [3.63, 3.8) is 0 Å². The first-order valence-electron chi connectivity index (χ1n) is 9.45. The Morgan fingerprint density at radius 3 is 2.31 bits per heavy atom. The molecule has 140 valence electrons. The summed E-state index contributed by atoms with van der Waals surface area (Å²) in [6.45, 7) is 11.7. The smallest absolute Gasteiger partial charge is 0.222 e. The third-order valence-corrected chi connectivity index (χ3v) is 4.62. The van der Waals surface area contributed by atoms with E-state index in [4.69, 9.17) is 0 Å². The molecule has 2 aromatic rings. The van der Waals surface area contributed by atoms with E-state index >= 15 is 0 Å². The molecule has 0 unspecified atom stereocenters. The van der Waals surface area contributed by atoms with Crippen LogP contribution in [0.1, 0.15) is 37.0 Å². The van der Waals surface area contributed by atoms with Gasteiger partial charge in [0.25, 0.3) is 0 Å². The molecular formula is C22H31N3O. The summed E-state index contributed by atoms with van der Waals surface area (Å²) < 4.78 is 0. The molecule has 1 amide bonds. The maximum Gasteiger partial charge on any atom is 0.222 e. The molecule has 0 saturated carbocycles. The van der Waals surface area contributed by atoms with Crippen LogP contribution in [0.15, 0.2) is 42.5 Å². The number of amides is 1. The number of carbonyl (C=O) groups excluding carboxylic acids is 1. The van der Waals surface area contributed by atoms with Crippen molar-refractivity contribution < 1.29 is 4.79 Å². The third-order valence-electron chi connectivity index (χ3n) is 4.62. The van der Waals surface area contributed by atoms with Gasteiger partial charge >= 0.3 is 0 Å². The second-order valence-corrected chi connectivity index (χ2v) is 6.61. The van der Waals surface area contributed by atoms with Crippen LogP contribution >= 0.6 is 0 Å². The van der Waals surface area contributed by atoms with E-state index in [1.54, 1.807) is 0 Å². The molecule has 0 saturated heterocycles. The van der Waals surface area contributed by atoms with Crippen LogP contribution in [0.4, 0.5) is 11.4 Å². The fourth-order valence-electron chi connectivity index (χ4n) is 2.94. The van der Waals surface area contributed by atoms with Gasteiger partial charge in [-0.15, -0.1) is 0 Å². The molecule has 0 aromatic heterocycles. The molecule has 2 rings (SSSR count). The van der Waals surface area contributed by atoms with E-state index in [1.807, 2.05) is 0 Å². The Kier molecular flexibility index (Phi) is 7.52. The third kappa shape index (κ3) is 5.80. The zero-order chi connectivity index (χ0) is 18.9. The van der Waals surface area contributed by atoms with E-state index < -0.39 is 0 Å². The molecule has 0 aliphatic carbocycles.